The molecule has 0 unspecified atom stereocenters. The summed E-state index contributed by atoms with van der Waals surface area (Å²) in [7, 11) is -3.91. The summed E-state index contributed by atoms with van der Waals surface area (Å²) in [6.07, 6.45) is 0. The molecule has 0 aliphatic rings. The molecular formula is C14H11ClF2N2O3S. The second kappa shape index (κ2) is 7.03. The van der Waals surface area contributed by atoms with Crippen molar-refractivity contribution in [2.24, 2.45) is 0 Å². The molecule has 0 spiro atoms. The minimum Gasteiger partial charge on any atom is -0.325 e. The van der Waals surface area contributed by atoms with Crippen LogP contribution in [0.3, 0.4) is 0 Å². The van der Waals surface area contributed by atoms with Crippen LogP contribution in [0.5, 0.6) is 0 Å². The average Bonchev–Trinajstić information content (AvgIpc) is 2.49. The van der Waals surface area contributed by atoms with Crippen molar-refractivity contribution in [1.82, 2.24) is 4.72 Å². The van der Waals surface area contributed by atoms with E-state index in [0.717, 1.165) is 18.2 Å². The molecule has 0 aliphatic carbocycles. The maximum Gasteiger partial charge on any atom is 0.241 e. The van der Waals surface area contributed by atoms with Crippen molar-refractivity contribution in [3.05, 3.63) is 59.1 Å². The lowest BCUT2D eigenvalue weighted by Gasteiger charge is -2.08. The van der Waals surface area contributed by atoms with Crippen LogP contribution in [0.4, 0.5) is 14.5 Å². The summed E-state index contributed by atoms with van der Waals surface area (Å²) < 4.78 is 51.8. The highest BCUT2D eigenvalue weighted by Crippen LogP contribution is 2.15. The van der Waals surface area contributed by atoms with Gasteiger partial charge >= 0.3 is 0 Å². The Bertz CT molecular complexity index is 844. The topological polar surface area (TPSA) is 75.3 Å². The zero-order chi connectivity index (χ0) is 17.0. The first-order chi connectivity index (χ1) is 10.8. The first-order valence-corrected chi connectivity index (χ1v) is 8.14. The highest BCUT2D eigenvalue weighted by Gasteiger charge is 2.16. The van der Waals surface area contributed by atoms with E-state index in [9.17, 15) is 22.0 Å². The Morgan fingerprint density at radius 1 is 1.09 bits per heavy atom. The van der Waals surface area contributed by atoms with Gasteiger partial charge in [0.15, 0.2) is 11.6 Å². The van der Waals surface area contributed by atoms with Gasteiger partial charge in [-0.3, -0.25) is 4.79 Å². The van der Waals surface area contributed by atoms with Gasteiger partial charge in [0, 0.05) is 16.8 Å². The summed E-state index contributed by atoms with van der Waals surface area (Å²) >= 11 is 5.71. The molecule has 0 saturated carbocycles. The van der Waals surface area contributed by atoms with Crippen molar-refractivity contribution in [3.8, 4) is 0 Å². The number of benzene rings is 2. The Morgan fingerprint density at radius 3 is 2.48 bits per heavy atom. The molecule has 0 fully saturated rings. The first-order valence-electron chi connectivity index (χ1n) is 6.28. The van der Waals surface area contributed by atoms with Gasteiger partial charge in [-0.05, 0) is 30.3 Å². The number of carbonyl (C=O) groups excluding carboxylic acids is 1. The number of hydrogen-bond acceptors (Lipinski definition) is 3. The summed E-state index contributed by atoms with van der Waals surface area (Å²) in [5, 5.41) is 2.48. The molecule has 1 amide bonds. The van der Waals surface area contributed by atoms with E-state index in [0.29, 0.717) is 0 Å². The minimum atomic E-state index is -3.91. The van der Waals surface area contributed by atoms with E-state index in [-0.39, 0.29) is 15.6 Å². The molecule has 0 radical (unpaired) electrons. The Kier molecular flexibility index (Phi) is 5.30. The minimum absolute atomic E-state index is 0.0100. The van der Waals surface area contributed by atoms with Crippen LogP contribution >= 0.6 is 11.6 Å². The summed E-state index contributed by atoms with van der Waals surface area (Å²) in [5.74, 6) is -2.91. The Hall–Kier alpha value is -2.03. The molecule has 0 bridgehead atoms. The average molecular weight is 361 g/mol. The van der Waals surface area contributed by atoms with E-state index >= 15 is 0 Å². The van der Waals surface area contributed by atoms with Crippen molar-refractivity contribution >= 4 is 33.2 Å². The highest BCUT2D eigenvalue weighted by atomic mass is 35.5. The molecule has 0 heterocycles. The third-order valence-electron chi connectivity index (χ3n) is 2.73. The van der Waals surface area contributed by atoms with Crippen molar-refractivity contribution in [1.29, 1.82) is 0 Å². The predicted octanol–water partition coefficient (Wildman–Crippen LogP) is 2.54. The van der Waals surface area contributed by atoms with Gasteiger partial charge in [0.05, 0.1) is 11.4 Å². The second-order valence-electron chi connectivity index (χ2n) is 4.46. The second-order valence-corrected chi connectivity index (χ2v) is 6.66. The molecular weight excluding hydrogens is 350 g/mol. The molecule has 9 heteroatoms. The summed E-state index contributed by atoms with van der Waals surface area (Å²) in [6, 6.07) is 8.31. The number of sulfonamides is 1. The molecule has 122 valence electrons. The molecule has 0 atom stereocenters. The molecule has 0 aromatic heterocycles. The van der Waals surface area contributed by atoms with Crippen LogP contribution in [0.2, 0.25) is 5.02 Å². The van der Waals surface area contributed by atoms with E-state index < -0.39 is 34.1 Å². The number of nitrogens with one attached hydrogen (secondary N) is 2. The molecule has 0 aliphatic heterocycles. The number of rotatable bonds is 5. The predicted molar refractivity (Wildman–Crippen MR) is 81.6 cm³/mol. The molecule has 5 nitrogen and oxygen atoms in total. The lowest BCUT2D eigenvalue weighted by molar-refractivity contribution is -0.115. The summed E-state index contributed by atoms with van der Waals surface area (Å²) in [6.45, 7) is -0.576. The number of anilines is 1. The lowest BCUT2D eigenvalue weighted by atomic mass is 10.3. The van der Waals surface area contributed by atoms with Gasteiger partial charge < -0.3 is 5.32 Å². The fraction of sp³-hybridized carbons (Fsp3) is 0.0714. The van der Waals surface area contributed by atoms with Crippen molar-refractivity contribution in [2.75, 3.05) is 11.9 Å². The Labute approximate surface area is 136 Å². The third kappa shape index (κ3) is 4.72. The fourth-order valence-corrected chi connectivity index (χ4v) is 2.94. The van der Waals surface area contributed by atoms with E-state index in [1.165, 1.54) is 24.3 Å². The van der Waals surface area contributed by atoms with Crippen LogP contribution in [-0.2, 0) is 14.8 Å². The fourth-order valence-electron chi connectivity index (χ4n) is 1.66. The largest absolute Gasteiger partial charge is 0.325 e. The van der Waals surface area contributed by atoms with Gasteiger partial charge in [-0.15, -0.1) is 0 Å². The van der Waals surface area contributed by atoms with Gasteiger partial charge in [0.2, 0.25) is 15.9 Å². The van der Waals surface area contributed by atoms with Gasteiger partial charge in [0.1, 0.15) is 0 Å². The number of amides is 1. The maximum atomic E-state index is 13.0. The molecule has 23 heavy (non-hydrogen) atoms. The lowest BCUT2D eigenvalue weighted by Crippen LogP contribution is -2.32. The molecule has 2 N–H and O–H groups in total. The monoisotopic (exact) mass is 360 g/mol. The number of carbonyl (C=O) groups is 1. The van der Waals surface area contributed by atoms with Gasteiger partial charge in [0.25, 0.3) is 0 Å². The molecule has 0 saturated heterocycles. The third-order valence-corrected chi connectivity index (χ3v) is 4.37. The smallest absolute Gasteiger partial charge is 0.241 e. The quantitative estimate of drug-likeness (QED) is 0.860. The Balaban J connectivity index is 1.99. The van der Waals surface area contributed by atoms with Crippen LogP contribution in [-0.4, -0.2) is 20.9 Å². The Morgan fingerprint density at radius 2 is 1.83 bits per heavy atom. The molecule has 2 aromatic carbocycles. The van der Waals surface area contributed by atoms with E-state index in [1.807, 2.05) is 0 Å². The van der Waals surface area contributed by atoms with Crippen molar-refractivity contribution < 1.29 is 22.0 Å². The van der Waals surface area contributed by atoms with Crippen LogP contribution in [0.15, 0.2) is 47.4 Å². The standard InChI is InChI=1S/C14H11ClF2N2O3S/c15-9-2-1-3-11(6-9)23(21,22)18-8-14(20)19-10-4-5-12(16)13(17)7-10/h1-7,18H,8H2,(H,19,20). The van der Waals surface area contributed by atoms with E-state index in [2.05, 4.69) is 10.0 Å². The zero-order valence-electron chi connectivity index (χ0n) is 11.5. The van der Waals surface area contributed by atoms with Gasteiger partial charge in [-0.25, -0.2) is 21.9 Å². The SMILES string of the molecule is O=C(CNS(=O)(=O)c1cccc(Cl)c1)Nc1ccc(F)c(F)c1. The van der Waals surface area contributed by atoms with Crippen LogP contribution in [0, 0.1) is 11.6 Å². The van der Waals surface area contributed by atoms with Crippen LogP contribution in [0.25, 0.3) is 0 Å². The highest BCUT2D eigenvalue weighted by molar-refractivity contribution is 7.89. The van der Waals surface area contributed by atoms with Gasteiger partial charge in [-0.2, -0.15) is 0 Å². The van der Waals surface area contributed by atoms with Crippen LogP contribution < -0.4 is 10.0 Å². The van der Waals surface area contributed by atoms with E-state index in [4.69, 9.17) is 11.6 Å². The normalized spacial score (nSPS) is 11.3. The summed E-state index contributed by atoms with van der Waals surface area (Å²) in [5.41, 5.74) is 0.0100. The molecule has 2 rings (SSSR count). The summed E-state index contributed by atoms with van der Waals surface area (Å²) in [4.78, 5) is 11.6. The van der Waals surface area contributed by atoms with Crippen molar-refractivity contribution in [3.63, 3.8) is 0 Å². The van der Waals surface area contributed by atoms with Crippen molar-refractivity contribution in [2.45, 2.75) is 4.90 Å². The number of hydrogen-bond donors (Lipinski definition) is 2. The van der Waals surface area contributed by atoms with Crippen LogP contribution in [0.1, 0.15) is 0 Å². The molecule has 2 aromatic rings. The van der Waals surface area contributed by atoms with E-state index in [1.54, 1.807) is 0 Å². The zero-order valence-corrected chi connectivity index (χ0v) is 13.1. The first kappa shape index (κ1) is 17.3. The maximum absolute atomic E-state index is 13.0. The van der Waals surface area contributed by atoms with Gasteiger partial charge in [-0.1, -0.05) is 17.7 Å². The number of halogens is 3.